The fraction of sp³-hybridized carbons (Fsp3) is 0.583. The van der Waals surface area contributed by atoms with Gasteiger partial charge < -0.3 is 9.88 Å². The zero-order valence-corrected chi connectivity index (χ0v) is 10.8. The molecule has 0 fully saturated rings. The van der Waals surface area contributed by atoms with E-state index in [4.69, 9.17) is 5.26 Å². The second-order valence-corrected chi connectivity index (χ2v) is 4.82. The Hall–Kier alpha value is -0.920. The number of nitriles is 1. The van der Waals surface area contributed by atoms with Gasteiger partial charge in [0.05, 0.1) is 0 Å². The van der Waals surface area contributed by atoms with Crippen LogP contribution in [-0.2, 0) is 13.6 Å². The van der Waals surface area contributed by atoms with Crippen LogP contribution in [0.4, 0.5) is 0 Å². The first-order chi connectivity index (χ1) is 7.77. The van der Waals surface area contributed by atoms with Crippen molar-refractivity contribution in [3.05, 3.63) is 23.5 Å². The molecule has 0 spiro atoms. The first kappa shape index (κ1) is 13.1. The first-order valence-electron chi connectivity index (χ1n) is 5.53. The van der Waals surface area contributed by atoms with Crippen LogP contribution in [0.25, 0.3) is 0 Å². The smallest absolute Gasteiger partial charge is 0.120 e. The standard InChI is InChI=1S/C12H19N3S/c1-15-10-11(7-12(15)8-13)9-14-5-3-4-6-16-2/h7,10,14H,3-6,9H2,1-2H3. The van der Waals surface area contributed by atoms with E-state index in [1.54, 1.807) is 0 Å². The predicted octanol–water partition coefficient (Wildman–Crippen LogP) is 2.13. The number of nitrogens with zero attached hydrogens (tertiary/aromatic N) is 2. The average Bonchev–Trinajstić information content (AvgIpc) is 2.64. The minimum Gasteiger partial charge on any atom is -0.342 e. The molecule has 1 heterocycles. The third-order valence-corrected chi connectivity index (χ3v) is 3.15. The summed E-state index contributed by atoms with van der Waals surface area (Å²) in [6.07, 6.45) is 6.64. The summed E-state index contributed by atoms with van der Waals surface area (Å²) in [4.78, 5) is 0. The van der Waals surface area contributed by atoms with Crippen LogP contribution in [0.5, 0.6) is 0 Å². The van der Waals surface area contributed by atoms with Gasteiger partial charge in [0.25, 0.3) is 0 Å². The highest BCUT2D eigenvalue weighted by molar-refractivity contribution is 7.98. The lowest BCUT2D eigenvalue weighted by Crippen LogP contribution is -2.14. The molecule has 3 nitrogen and oxygen atoms in total. The Morgan fingerprint density at radius 3 is 2.94 bits per heavy atom. The summed E-state index contributed by atoms with van der Waals surface area (Å²) >= 11 is 1.90. The van der Waals surface area contributed by atoms with Crippen LogP contribution in [0.15, 0.2) is 12.3 Å². The molecule has 1 aromatic heterocycles. The third kappa shape index (κ3) is 4.30. The van der Waals surface area contributed by atoms with Gasteiger partial charge in [-0.3, -0.25) is 0 Å². The number of hydrogen-bond acceptors (Lipinski definition) is 3. The fourth-order valence-corrected chi connectivity index (χ4v) is 2.06. The van der Waals surface area contributed by atoms with Crippen molar-refractivity contribution < 1.29 is 0 Å². The van der Waals surface area contributed by atoms with Crippen molar-refractivity contribution >= 4 is 11.8 Å². The molecular weight excluding hydrogens is 218 g/mol. The van der Waals surface area contributed by atoms with E-state index in [1.165, 1.54) is 24.2 Å². The van der Waals surface area contributed by atoms with E-state index in [0.29, 0.717) is 0 Å². The maximum Gasteiger partial charge on any atom is 0.120 e. The molecule has 1 N–H and O–H groups in total. The lowest BCUT2D eigenvalue weighted by Gasteiger charge is -2.02. The molecule has 0 amide bonds. The van der Waals surface area contributed by atoms with Crippen molar-refractivity contribution in [2.24, 2.45) is 7.05 Å². The van der Waals surface area contributed by atoms with E-state index in [9.17, 15) is 0 Å². The highest BCUT2D eigenvalue weighted by atomic mass is 32.2. The van der Waals surface area contributed by atoms with E-state index in [1.807, 2.05) is 35.6 Å². The predicted molar refractivity (Wildman–Crippen MR) is 69.5 cm³/mol. The molecule has 0 saturated heterocycles. The molecule has 0 aliphatic carbocycles. The molecule has 0 radical (unpaired) electrons. The molecule has 0 aliphatic rings. The maximum atomic E-state index is 8.81. The Morgan fingerprint density at radius 1 is 1.50 bits per heavy atom. The Balaban J connectivity index is 2.20. The number of rotatable bonds is 7. The van der Waals surface area contributed by atoms with Crippen LogP contribution < -0.4 is 5.32 Å². The van der Waals surface area contributed by atoms with Crippen molar-refractivity contribution in [3.8, 4) is 6.07 Å². The van der Waals surface area contributed by atoms with Gasteiger partial charge in [-0.2, -0.15) is 17.0 Å². The molecule has 0 aliphatic heterocycles. The average molecular weight is 237 g/mol. The summed E-state index contributed by atoms with van der Waals surface area (Å²) in [5.74, 6) is 1.24. The van der Waals surface area contributed by atoms with E-state index in [-0.39, 0.29) is 0 Å². The van der Waals surface area contributed by atoms with Crippen LogP contribution in [0.2, 0.25) is 0 Å². The largest absolute Gasteiger partial charge is 0.342 e. The van der Waals surface area contributed by atoms with E-state index in [2.05, 4.69) is 17.6 Å². The van der Waals surface area contributed by atoms with Crippen LogP contribution >= 0.6 is 11.8 Å². The second kappa shape index (κ2) is 7.37. The van der Waals surface area contributed by atoms with Gasteiger partial charge in [-0.25, -0.2) is 0 Å². The quantitative estimate of drug-likeness (QED) is 0.739. The Labute approximate surface area is 102 Å². The Kier molecular flexibility index (Phi) is 6.05. The van der Waals surface area contributed by atoms with Gasteiger partial charge in [-0.05, 0) is 43.0 Å². The Morgan fingerprint density at radius 2 is 2.31 bits per heavy atom. The van der Waals surface area contributed by atoms with Crippen molar-refractivity contribution in [2.75, 3.05) is 18.6 Å². The minimum atomic E-state index is 0.721. The molecule has 0 bridgehead atoms. The lowest BCUT2D eigenvalue weighted by molar-refractivity contribution is 0.643. The van der Waals surface area contributed by atoms with Crippen molar-refractivity contribution in [1.82, 2.24) is 9.88 Å². The molecule has 0 atom stereocenters. The maximum absolute atomic E-state index is 8.81. The van der Waals surface area contributed by atoms with Gasteiger partial charge in [0.2, 0.25) is 0 Å². The van der Waals surface area contributed by atoms with Gasteiger partial charge in [0, 0.05) is 19.8 Å². The molecule has 1 aromatic rings. The molecule has 16 heavy (non-hydrogen) atoms. The summed E-state index contributed by atoms with van der Waals surface area (Å²) in [6, 6.07) is 4.11. The lowest BCUT2D eigenvalue weighted by atomic mass is 10.3. The second-order valence-electron chi connectivity index (χ2n) is 3.83. The number of aromatic nitrogens is 1. The van der Waals surface area contributed by atoms with E-state index < -0.39 is 0 Å². The van der Waals surface area contributed by atoms with Crippen molar-refractivity contribution in [1.29, 1.82) is 5.26 Å². The Bertz CT molecular complexity index is 352. The SMILES string of the molecule is CSCCCCNCc1cc(C#N)n(C)c1. The zero-order valence-electron chi connectivity index (χ0n) is 9.99. The molecule has 0 aromatic carbocycles. The summed E-state index contributed by atoms with van der Waals surface area (Å²) in [7, 11) is 1.90. The van der Waals surface area contributed by atoms with Crippen LogP contribution in [0, 0.1) is 11.3 Å². The minimum absolute atomic E-state index is 0.721. The summed E-state index contributed by atoms with van der Waals surface area (Å²) in [5, 5.41) is 12.2. The van der Waals surface area contributed by atoms with Crippen LogP contribution in [-0.4, -0.2) is 23.1 Å². The third-order valence-electron chi connectivity index (χ3n) is 2.46. The number of thioether (sulfide) groups is 1. The van der Waals surface area contributed by atoms with Gasteiger partial charge in [0.1, 0.15) is 11.8 Å². The number of unbranched alkanes of at least 4 members (excludes halogenated alkanes) is 1. The van der Waals surface area contributed by atoms with E-state index >= 15 is 0 Å². The highest BCUT2D eigenvalue weighted by Gasteiger charge is 2.01. The summed E-state index contributed by atoms with van der Waals surface area (Å²) in [6.45, 7) is 1.91. The van der Waals surface area contributed by atoms with Crippen LogP contribution in [0.3, 0.4) is 0 Å². The molecule has 88 valence electrons. The fourth-order valence-electron chi connectivity index (χ4n) is 1.57. The summed E-state index contributed by atoms with van der Waals surface area (Å²) in [5.41, 5.74) is 1.91. The molecule has 0 unspecified atom stereocenters. The van der Waals surface area contributed by atoms with Gasteiger partial charge in [-0.15, -0.1) is 0 Å². The first-order valence-corrected chi connectivity index (χ1v) is 6.92. The van der Waals surface area contributed by atoms with E-state index in [0.717, 1.165) is 18.8 Å². The van der Waals surface area contributed by atoms with Gasteiger partial charge in [0.15, 0.2) is 0 Å². The number of nitrogens with one attached hydrogen (secondary N) is 1. The molecule has 4 heteroatoms. The van der Waals surface area contributed by atoms with Gasteiger partial charge in [-0.1, -0.05) is 0 Å². The summed E-state index contributed by atoms with van der Waals surface area (Å²) < 4.78 is 1.87. The highest BCUT2D eigenvalue weighted by Crippen LogP contribution is 2.05. The topological polar surface area (TPSA) is 40.8 Å². The number of hydrogen-bond donors (Lipinski definition) is 1. The van der Waals surface area contributed by atoms with Crippen LogP contribution in [0.1, 0.15) is 24.1 Å². The van der Waals surface area contributed by atoms with Crippen molar-refractivity contribution in [3.63, 3.8) is 0 Å². The molecule has 0 saturated carbocycles. The normalized spacial score (nSPS) is 10.3. The number of aryl methyl sites for hydroxylation is 1. The van der Waals surface area contributed by atoms with Crippen molar-refractivity contribution in [2.45, 2.75) is 19.4 Å². The molecular formula is C12H19N3S. The van der Waals surface area contributed by atoms with Gasteiger partial charge >= 0.3 is 0 Å². The monoisotopic (exact) mass is 237 g/mol. The molecule has 1 rings (SSSR count). The zero-order chi connectivity index (χ0) is 11.8.